The largest absolute Gasteiger partial charge is 0.488 e. The van der Waals surface area contributed by atoms with Crippen LogP contribution < -0.4 is 15.4 Å². The van der Waals surface area contributed by atoms with E-state index in [2.05, 4.69) is 15.6 Å². The summed E-state index contributed by atoms with van der Waals surface area (Å²) in [6, 6.07) is 2.16. The van der Waals surface area contributed by atoms with Crippen molar-refractivity contribution in [2.24, 2.45) is 10.9 Å². The highest BCUT2D eigenvalue weighted by Gasteiger charge is 2.38. The summed E-state index contributed by atoms with van der Waals surface area (Å²) in [5, 5.41) is 15.1. The molecule has 2 amide bonds. The number of aliphatic imine (C=N–C) groups is 1. The van der Waals surface area contributed by atoms with Crippen molar-refractivity contribution < 1.29 is 23.8 Å². The molecule has 0 aromatic heterocycles. The molecular weight excluding hydrogens is 439 g/mol. The molecular formula is C25H35FN4O4. The quantitative estimate of drug-likeness (QED) is 0.428. The molecule has 1 saturated heterocycles. The van der Waals surface area contributed by atoms with Crippen molar-refractivity contribution in [3.8, 4) is 5.75 Å². The van der Waals surface area contributed by atoms with E-state index >= 15 is 0 Å². The van der Waals surface area contributed by atoms with Crippen molar-refractivity contribution in [3.05, 3.63) is 23.5 Å². The molecule has 2 atom stereocenters. The second kappa shape index (κ2) is 11.2. The maximum atomic E-state index is 14.7. The van der Waals surface area contributed by atoms with Gasteiger partial charge in [-0.1, -0.05) is 38.5 Å². The zero-order valence-corrected chi connectivity index (χ0v) is 19.8. The van der Waals surface area contributed by atoms with Gasteiger partial charge in [0.2, 0.25) is 11.9 Å². The zero-order valence-electron chi connectivity index (χ0n) is 19.8. The Morgan fingerprint density at radius 2 is 2.15 bits per heavy atom. The normalized spacial score (nSPS) is 20.4. The Kier molecular flexibility index (Phi) is 8.03. The fraction of sp³-hybridized carbons (Fsp3) is 0.640. The van der Waals surface area contributed by atoms with Gasteiger partial charge in [-0.05, 0) is 31.7 Å². The SMILES string of the molecule is CC(CCC(=O)NCCCCC1CCCC1)Oc1cc2c(cc1F)CN1C(=N2)NC(=O)C1CO. The van der Waals surface area contributed by atoms with Crippen LogP contribution in [-0.4, -0.2) is 53.1 Å². The smallest absolute Gasteiger partial charge is 0.251 e. The van der Waals surface area contributed by atoms with E-state index in [0.717, 1.165) is 18.8 Å². The van der Waals surface area contributed by atoms with E-state index in [1.165, 1.54) is 44.2 Å². The molecule has 34 heavy (non-hydrogen) atoms. The van der Waals surface area contributed by atoms with E-state index in [1.54, 1.807) is 4.90 Å². The number of guanidine groups is 1. The summed E-state index contributed by atoms with van der Waals surface area (Å²) in [5.41, 5.74) is 1.13. The first-order valence-electron chi connectivity index (χ1n) is 12.5. The zero-order chi connectivity index (χ0) is 24.1. The Labute approximate surface area is 199 Å². The number of benzene rings is 1. The van der Waals surface area contributed by atoms with Crippen LogP contribution >= 0.6 is 0 Å². The molecule has 0 bridgehead atoms. The maximum absolute atomic E-state index is 14.7. The second-order valence-electron chi connectivity index (χ2n) is 9.63. The van der Waals surface area contributed by atoms with Crippen LogP contribution in [0.4, 0.5) is 10.1 Å². The minimum absolute atomic E-state index is 0.0101. The molecule has 186 valence electrons. The lowest BCUT2D eigenvalue weighted by Crippen LogP contribution is -2.39. The Hall–Kier alpha value is -2.68. The highest BCUT2D eigenvalue weighted by atomic mass is 19.1. The van der Waals surface area contributed by atoms with Crippen molar-refractivity contribution in [1.29, 1.82) is 0 Å². The number of nitrogens with one attached hydrogen (secondary N) is 2. The van der Waals surface area contributed by atoms with Crippen LogP contribution in [0.15, 0.2) is 17.1 Å². The number of carbonyl (C=O) groups excluding carboxylic acids is 2. The minimum atomic E-state index is -0.718. The molecule has 0 radical (unpaired) electrons. The standard InChI is InChI=1S/C25H35FN4O4/c1-16(9-10-23(32)27-11-5-4-8-17-6-2-3-7-17)34-22-13-20-18(12-19(22)26)14-30-21(15-31)24(33)29-25(30)28-20/h12-13,16-17,21,31H,2-11,14-15H2,1H3,(H,27,32)(H,28,29,33). The van der Waals surface area contributed by atoms with Gasteiger partial charge < -0.3 is 20.1 Å². The molecule has 2 aliphatic heterocycles. The highest BCUT2D eigenvalue weighted by Crippen LogP contribution is 2.34. The molecule has 2 unspecified atom stereocenters. The lowest BCUT2D eigenvalue weighted by molar-refractivity contribution is -0.123. The number of carbonyl (C=O) groups is 2. The summed E-state index contributed by atoms with van der Waals surface area (Å²) in [5.74, 6) is 0.449. The topological polar surface area (TPSA) is 103 Å². The molecule has 8 nitrogen and oxygen atoms in total. The van der Waals surface area contributed by atoms with Crippen molar-refractivity contribution in [2.75, 3.05) is 13.2 Å². The fourth-order valence-electron chi connectivity index (χ4n) is 5.00. The van der Waals surface area contributed by atoms with Gasteiger partial charge in [0.05, 0.1) is 18.4 Å². The van der Waals surface area contributed by atoms with Crippen LogP contribution in [0.25, 0.3) is 0 Å². The number of ether oxygens (including phenoxy) is 1. The fourth-order valence-corrected chi connectivity index (χ4v) is 5.00. The van der Waals surface area contributed by atoms with Gasteiger partial charge in [-0.25, -0.2) is 9.38 Å². The summed E-state index contributed by atoms with van der Waals surface area (Å²) in [6.07, 6.45) is 9.35. The van der Waals surface area contributed by atoms with Gasteiger partial charge in [-0.3, -0.25) is 14.9 Å². The highest BCUT2D eigenvalue weighted by molar-refractivity contribution is 6.07. The van der Waals surface area contributed by atoms with Crippen LogP contribution in [0, 0.1) is 11.7 Å². The molecule has 1 aromatic rings. The van der Waals surface area contributed by atoms with E-state index in [1.807, 2.05) is 6.92 Å². The number of nitrogens with zero attached hydrogens (tertiary/aromatic N) is 2. The third-order valence-electron chi connectivity index (χ3n) is 7.00. The lowest BCUT2D eigenvalue weighted by Gasteiger charge is -2.27. The van der Waals surface area contributed by atoms with Gasteiger partial charge in [0.15, 0.2) is 11.6 Å². The number of aliphatic hydroxyl groups excluding tert-OH is 1. The van der Waals surface area contributed by atoms with Crippen molar-refractivity contribution >= 4 is 23.5 Å². The Bertz CT molecular complexity index is 932. The lowest BCUT2D eigenvalue weighted by atomic mass is 10.0. The number of hydrogen-bond donors (Lipinski definition) is 3. The second-order valence-corrected chi connectivity index (χ2v) is 9.63. The molecule has 2 heterocycles. The van der Waals surface area contributed by atoms with Crippen molar-refractivity contribution in [3.63, 3.8) is 0 Å². The molecule has 9 heteroatoms. The van der Waals surface area contributed by atoms with Gasteiger partial charge >= 0.3 is 0 Å². The monoisotopic (exact) mass is 474 g/mol. The van der Waals surface area contributed by atoms with E-state index in [9.17, 15) is 19.1 Å². The maximum Gasteiger partial charge on any atom is 0.251 e. The van der Waals surface area contributed by atoms with Gasteiger partial charge in [-0.15, -0.1) is 0 Å². The van der Waals surface area contributed by atoms with Gasteiger partial charge in [0.1, 0.15) is 6.04 Å². The third-order valence-corrected chi connectivity index (χ3v) is 7.00. The van der Waals surface area contributed by atoms with Crippen LogP contribution in [-0.2, 0) is 16.1 Å². The molecule has 3 N–H and O–H groups in total. The number of hydrogen-bond acceptors (Lipinski definition) is 6. The molecule has 0 spiro atoms. The first kappa shape index (κ1) is 24.4. The number of fused-ring (bicyclic) bond motifs is 2. The van der Waals surface area contributed by atoms with Crippen molar-refractivity contribution in [1.82, 2.24) is 15.5 Å². The van der Waals surface area contributed by atoms with Crippen LogP contribution in [0.2, 0.25) is 0 Å². The van der Waals surface area contributed by atoms with E-state index in [4.69, 9.17) is 4.74 Å². The summed E-state index contributed by atoms with van der Waals surface area (Å²) < 4.78 is 20.5. The van der Waals surface area contributed by atoms with Gasteiger partial charge in [0.25, 0.3) is 5.91 Å². The summed E-state index contributed by atoms with van der Waals surface area (Å²) in [7, 11) is 0. The average molecular weight is 475 g/mol. The van der Waals surface area contributed by atoms with Crippen molar-refractivity contribution in [2.45, 2.75) is 83.4 Å². The first-order valence-corrected chi connectivity index (χ1v) is 12.5. The van der Waals surface area contributed by atoms with Gasteiger partial charge in [0, 0.05) is 31.1 Å². The van der Waals surface area contributed by atoms with Crippen LogP contribution in [0.1, 0.15) is 70.3 Å². The number of amides is 2. The number of halogens is 1. The van der Waals surface area contributed by atoms with E-state index in [-0.39, 0.29) is 36.8 Å². The summed E-state index contributed by atoms with van der Waals surface area (Å²) >= 11 is 0. The predicted octanol–water partition coefficient (Wildman–Crippen LogP) is 3.14. The first-order chi connectivity index (χ1) is 16.4. The van der Waals surface area contributed by atoms with Crippen LogP contribution in [0.5, 0.6) is 5.75 Å². The molecule has 1 aromatic carbocycles. The number of rotatable bonds is 11. The third kappa shape index (κ3) is 5.87. The molecule has 2 fully saturated rings. The van der Waals surface area contributed by atoms with E-state index < -0.39 is 11.9 Å². The predicted molar refractivity (Wildman–Crippen MR) is 126 cm³/mol. The number of unbranched alkanes of at least 4 members (excludes halogenated alkanes) is 1. The Morgan fingerprint density at radius 3 is 2.91 bits per heavy atom. The molecule has 4 rings (SSSR count). The summed E-state index contributed by atoms with van der Waals surface area (Å²) in [6.45, 7) is 2.44. The molecule has 1 aliphatic carbocycles. The minimum Gasteiger partial charge on any atom is -0.488 e. The number of aliphatic hydroxyl groups is 1. The Morgan fingerprint density at radius 1 is 1.35 bits per heavy atom. The van der Waals surface area contributed by atoms with Gasteiger partial charge in [-0.2, -0.15) is 0 Å². The molecule has 1 saturated carbocycles. The average Bonchev–Trinajstić information content (AvgIpc) is 3.43. The van der Waals surface area contributed by atoms with Crippen LogP contribution in [0.3, 0.4) is 0 Å². The molecule has 3 aliphatic rings. The Balaban J connectivity index is 1.22. The van der Waals surface area contributed by atoms with E-state index in [0.29, 0.717) is 36.6 Å². The summed E-state index contributed by atoms with van der Waals surface area (Å²) in [4.78, 5) is 30.1.